The second kappa shape index (κ2) is 13.3. The number of hydrogen-bond acceptors (Lipinski definition) is 6. The van der Waals surface area contributed by atoms with E-state index >= 15 is 0 Å². The Morgan fingerprint density at radius 3 is 2.37 bits per heavy atom. The lowest BCUT2D eigenvalue weighted by Crippen LogP contribution is -2.42. The number of unbranched alkanes of at least 4 members (excludes halogenated alkanes) is 3. The van der Waals surface area contributed by atoms with Crippen LogP contribution in [0.25, 0.3) is 0 Å². The number of carbonyl (C=O) groups is 2. The van der Waals surface area contributed by atoms with Crippen molar-refractivity contribution in [2.45, 2.75) is 76.6 Å². The minimum Gasteiger partial charge on any atom is -0.493 e. The summed E-state index contributed by atoms with van der Waals surface area (Å²) in [6, 6.07) is 5.92. The average molecular weight is 523 g/mol. The summed E-state index contributed by atoms with van der Waals surface area (Å²) in [6.07, 6.45) is 9.74. The maximum absolute atomic E-state index is 13.0. The first-order valence-corrected chi connectivity index (χ1v) is 16.0. The smallest absolute Gasteiger partial charge is 0.305 e. The van der Waals surface area contributed by atoms with Crippen LogP contribution in [-0.2, 0) is 25.2 Å². The largest absolute Gasteiger partial charge is 0.493 e. The molecule has 1 aromatic carbocycles. The number of rotatable bonds is 14. The Hall–Kier alpha value is -2.09. The van der Waals surface area contributed by atoms with Crippen LogP contribution in [0.4, 0.5) is 0 Å². The molecule has 1 aliphatic carbocycles. The van der Waals surface area contributed by atoms with Gasteiger partial charge in [0.15, 0.2) is 19.8 Å². The molecule has 0 aromatic heterocycles. The zero-order chi connectivity index (χ0) is 26.1. The van der Waals surface area contributed by atoms with Gasteiger partial charge in [0.25, 0.3) is 0 Å². The van der Waals surface area contributed by atoms with Gasteiger partial charge in [0, 0.05) is 12.0 Å². The van der Waals surface area contributed by atoms with Crippen LogP contribution in [-0.4, -0.2) is 47.0 Å². The maximum atomic E-state index is 13.0. The molecule has 0 bridgehead atoms. The van der Waals surface area contributed by atoms with Gasteiger partial charge in [0.05, 0.1) is 26.4 Å². The Balaban J connectivity index is 2.14. The summed E-state index contributed by atoms with van der Waals surface area (Å²) >= 11 is 6.38. The van der Waals surface area contributed by atoms with Crippen LogP contribution in [0.2, 0.25) is 19.6 Å². The van der Waals surface area contributed by atoms with Gasteiger partial charge in [-0.3, -0.25) is 9.59 Å². The number of benzene rings is 1. The van der Waals surface area contributed by atoms with E-state index in [1.807, 2.05) is 30.4 Å². The minimum atomic E-state index is -2.01. The Bertz CT molecular complexity index is 949. The number of ether oxygens (including phenoxy) is 3. The topological polar surface area (TPSA) is 71.1 Å². The summed E-state index contributed by atoms with van der Waals surface area (Å²) in [6.45, 7) is 6.37. The highest BCUT2D eigenvalue weighted by atomic mass is 35.5. The molecule has 1 atom stereocenters. The first-order chi connectivity index (χ1) is 16.5. The molecule has 0 radical (unpaired) electrons. The van der Waals surface area contributed by atoms with Crippen molar-refractivity contribution in [2.75, 3.05) is 21.3 Å². The van der Waals surface area contributed by atoms with Crippen LogP contribution >= 0.6 is 11.6 Å². The number of aryl methyl sites for hydroxylation is 1. The van der Waals surface area contributed by atoms with Crippen LogP contribution in [0.15, 0.2) is 41.0 Å². The first kappa shape index (κ1) is 29.1. The molecule has 0 N–H and O–H groups in total. The number of Topliss-reactive ketones (excluding diaryl/α,β-unsaturated/α-hetero) is 1. The number of methoxy groups -OCH3 is 3. The van der Waals surface area contributed by atoms with Crippen molar-refractivity contribution in [2.24, 2.45) is 0 Å². The number of carbonyl (C=O) groups excluding carboxylic acids is 2. The van der Waals surface area contributed by atoms with E-state index in [4.69, 9.17) is 25.5 Å². The predicted octanol–water partition coefficient (Wildman–Crippen LogP) is 6.37. The Labute approximate surface area is 215 Å². The molecule has 1 aromatic rings. The van der Waals surface area contributed by atoms with Crippen LogP contribution in [0.1, 0.15) is 50.5 Å². The van der Waals surface area contributed by atoms with Crippen LogP contribution in [0, 0.1) is 0 Å². The first-order valence-electron chi connectivity index (χ1n) is 12.2. The van der Waals surface area contributed by atoms with Gasteiger partial charge in [-0.15, -0.1) is 0 Å². The Morgan fingerprint density at radius 1 is 1.03 bits per heavy atom. The zero-order valence-corrected chi connectivity index (χ0v) is 23.6. The van der Waals surface area contributed by atoms with Crippen LogP contribution in [0.5, 0.6) is 11.5 Å². The zero-order valence-electron chi connectivity index (χ0n) is 21.9. The van der Waals surface area contributed by atoms with Crippen molar-refractivity contribution in [1.82, 2.24) is 0 Å². The van der Waals surface area contributed by atoms with Crippen molar-refractivity contribution in [3.63, 3.8) is 0 Å². The van der Waals surface area contributed by atoms with Crippen molar-refractivity contribution in [3.8, 4) is 11.5 Å². The number of esters is 1. The Kier molecular flexibility index (Phi) is 11.1. The monoisotopic (exact) mass is 522 g/mol. The molecule has 35 heavy (non-hydrogen) atoms. The quantitative estimate of drug-likeness (QED) is 0.122. The molecule has 2 rings (SSSR count). The number of hydrogen-bond donors (Lipinski definition) is 0. The molecular weight excluding hydrogens is 484 g/mol. The maximum Gasteiger partial charge on any atom is 0.305 e. The molecule has 0 amide bonds. The van der Waals surface area contributed by atoms with Crippen molar-refractivity contribution >= 4 is 31.7 Å². The van der Waals surface area contributed by atoms with E-state index in [1.54, 1.807) is 14.2 Å². The highest BCUT2D eigenvalue weighted by molar-refractivity contribution is 6.70. The SMILES string of the molecule is COC(=O)CCCCC/C=C1\C(=O)C(Cl)=CC1(CCCc1ccc(OC)c(OC)c1)O[Si](C)(C)C. The second-order valence-electron chi connectivity index (χ2n) is 9.76. The van der Waals surface area contributed by atoms with E-state index in [2.05, 4.69) is 24.4 Å². The van der Waals surface area contributed by atoms with Crippen LogP contribution in [0.3, 0.4) is 0 Å². The molecule has 0 heterocycles. The molecule has 0 fully saturated rings. The molecule has 1 aliphatic rings. The van der Waals surface area contributed by atoms with Crippen molar-refractivity contribution in [1.29, 1.82) is 0 Å². The highest BCUT2D eigenvalue weighted by Gasteiger charge is 2.45. The summed E-state index contributed by atoms with van der Waals surface area (Å²) < 4.78 is 22.1. The molecular formula is C27H39ClO6Si. The fourth-order valence-corrected chi connectivity index (χ4v) is 5.99. The fourth-order valence-electron chi connectivity index (χ4n) is 4.35. The molecule has 0 saturated heterocycles. The van der Waals surface area contributed by atoms with E-state index in [-0.39, 0.29) is 16.8 Å². The molecule has 8 heteroatoms. The van der Waals surface area contributed by atoms with Crippen LogP contribution < -0.4 is 9.47 Å². The number of halogens is 1. The fraction of sp³-hybridized carbons (Fsp3) is 0.556. The van der Waals surface area contributed by atoms with Gasteiger partial charge in [-0.05, 0) is 81.9 Å². The minimum absolute atomic E-state index is 0.148. The lowest BCUT2D eigenvalue weighted by molar-refractivity contribution is -0.140. The third-order valence-corrected chi connectivity index (χ3v) is 7.15. The Morgan fingerprint density at radius 2 is 1.74 bits per heavy atom. The summed E-state index contributed by atoms with van der Waals surface area (Å²) in [5.74, 6) is 1.06. The van der Waals surface area contributed by atoms with E-state index in [0.29, 0.717) is 29.9 Å². The van der Waals surface area contributed by atoms with Crippen molar-refractivity contribution < 1.29 is 28.2 Å². The number of ketones is 1. The molecule has 0 aliphatic heterocycles. The van der Waals surface area contributed by atoms with Crippen molar-refractivity contribution in [3.05, 3.63) is 46.5 Å². The lowest BCUT2D eigenvalue weighted by atomic mass is 9.89. The third kappa shape index (κ3) is 8.51. The molecule has 6 nitrogen and oxygen atoms in total. The van der Waals surface area contributed by atoms with E-state index in [9.17, 15) is 9.59 Å². The van der Waals surface area contributed by atoms with Gasteiger partial charge >= 0.3 is 5.97 Å². The molecule has 1 unspecified atom stereocenters. The van der Waals surface area contributed by atoms with Gasteiger partial charge in [-0.1, -0.05) is 30.2 Å². The second-order valence-corrected chi connectivity index (χ2v) is 14.6. The standard InChI is InChI=1S/C27H39ClO6Si/c1-31-23-16-15-20(18-24(23)32-2)12-11-17-27(34-35(4,5)6)19-22(28)26(30)21(27)13-9-7-8-10-14-25(29)33-3/h13,15-16,18-19H,7-12,14,17H2,1-6H3/b21-13+. The van der Waals surface area contributed by atoms with Gasteiger partial charge in [-0.2, -0.15) is 0 Å². The van der Waals surface area contributed by atoms with Gasteiger partial charge in [0.1, 0.15) is 5.60 Å². The molecule has 0 spiro atoms. The average Bonchev–Trinajstić information content (AvgIpc) is 3.03. The van der Waals surface area contributed by atoms with E-state index < -0.39 is 13.9 Å². The lowest BCUT2D eigenvalue weighted by Gasteiger charge is -2.36. The van der Waals surface area contributed by atoms with E-state index in [0.717, 1.165) is 44.1 Å². The predicted molar refractivity (Wildman–Crippen MR) is 142 cm³/mol. The summed E-state index contributed by atoms with van der Waals surface area (Å²) in [5, 5.41) is 0.228. The van der Waals surface area contributed by atoms with Gasteiger partial charge in [-0.25, -0.2) is 0 Å². The molecule has 194 valence electrons. The highest BCUT2D eigenvalue weighted by Crippen LogP contribution is 2.42. The number of allylic oxidation sites excluding steroid dienone is 2. The van der Waals surface area contributed by atoms with Gasteiger partial charge in [0.2, 0.25) is 5.78 Å². The summed E-state index contributed by atoms with van der Waals surface area (Å²) in [4.78, 5) is 24.3. The van der Waals surface area contributed by atoms with Gasteiger partial charge < -0.3 is 18.6 Å². The summed E-state index contributed by atoms with van der Waals surface area (Å²) in [7, 11) is 2.64. The summed E-state index contributed by atoms with van der Waals surface area (Å²) in [5.41, 5.74) is 0.966. The molecule has 0 saturated carbocycles. The third-order valence-electron chi connectivity index (χ3n) is 5.89. The normalized spacial score (nSPS) is 19.1. The van der Waals surface area contributed by atoms with E-state index in [1.165, 1.54) is 7.11 Å².